The van der Waals surface area contributed by atoms with Crippen LogP contribution in [-0.4, -0.2) is 57.5 Å². The molecule has 3 aromatic rings. The Bertz CT molecular complexity index is 1610. The summed E-state index contributed by atoms with van der Waals surface area (Å²) >= 11 is 0. The van der Waals surface area contributed by atoms with Crippen molar-refractivity contribution in [2.24, 2.45) is 5.92 Å². The molecular weight excluding hydrogens is 554 g/mol. The minimum atomic E-state index is -4.84. The third-order valence-corrected chi connectivity index (χ3v) is 6.40. The lowest BCUT2D eigenvalue weighted by molar-refractivity contribution is -0.158. The van der Waals surface area contributed by atoms with Crippen LogP contribution in [0.3, 0.4) is 0 Å². The number of carbonyl (C=O) groups excluding carboxylic acids is 2. The van der Waals surface area contributed by atoms with Crippen molar-refractivity contribution < 1.29 is 50.6 Å². The highest BCUT2D eigenvalue weighted by molar-refractivity contribution is 5.98. The summed E-state index contributed by atoms with van der Waals surface area (Å²) in [7, 11) is 0. The average molecular weight is 570 g/mol. The Balaban J connectivity index is 1.69. The van der Waals surface area contributed by atoms with Gasteiger partial charge in [-0.2, -0.15) is 13.2 Å². The smallest absolute Gasteiger partial charge is 0.416 e. The molecular formula is C24H16F6N4O6. The molecule has 2 aromatic heterocycles. The van der Waals surface area contributed by atoms with Crippen LogP contribution in [0, 0.1) is 23.4 Å². The molecule has 1 aromatic carbocycles. The molecule has 1 aliphatic carbocycles. The highest BCUT2D eigenvalue weighted by Gasteiger charge is 2.50. The molecule has 0 radical (unpaired) electrons. The number of nitrogens with zero attached hydrogens (tertiary/aromatic N) is 3. The second-order valence-electron chi connectivity index (χ2n) is 9.15. The minimum Gasteiger partial charge on any atom is -0.478 e. The number of amides is 2. The first kappa shape index (κ1) is 27.0. The van der Waals surface area contributed by atoms with E-state index < -0.39 is 93.9 Å². The number of carboxylic acids is 1. The van der Waals surface area contributed by atoms with Crippen LogP contribution in [0.15, 0.2) is 35.3 Å². The first-order chi connectivity index (χ1) is 18.8. The molecule has 2 N–H and O–H groups in total. The maximum Gasteiger partial charge on any atom is 0.416 e. The van der Waals surface area contributed by atoms with Gasteiger partial charge in [-0.1, -0.05) is 0 Å². The molecule has 0 bridgehead atoms. The van der Waals surface area contributed by atoms with E-state index in [1.165, 1.54) is 0 Å². The van der Waals surface area contributed by atoms with Gasteiger partial charge in [0.2, 0.25) is 11.5 Å². The highest BCUT2D eigenvalue weighted by atomic mass is 19.4. The van der Waals surface area contributed by atoms with Gasteiger partial charge in [-0.25, -0.2) is 27.7 Å². The number of fused-ring (bicyclic) bond motifs is 1. The Kier molecular flexibility index (Phi) is 6.42. The fraction of sp³-hybridized carbons (Fsp3) is 0.292. The van der Waals surface area contributed by atoms with E-state index in [1.807, 2.05) is 0 Å². The van der Waals surface area contributed by atoms with Gasteiger partial charge in [-0.15, -0.1) is 0 Å². The summed E-state index contributed by atoms with van der Waals surface area (Å²) in [6, 6.07) is 0.325. The summed E-state index contributed by atoms with van der Waals surface area (Å²) in [5.41, 5.74) is -3.70. The number of halogens is 6. The molecule has 3 heterocycles. The van der Waals surface area contributed by atoms with Crippen LogP contribution < -0.4 is 15.6 Å². The Morgan fingerprint density at radius 1 is 1.10 bits per heavy atom. The molecule has 1 saturated heterocycles. The van der Waals surface area contributed by atoms with E-state index >= 15 is 0 Å². The van der Waals surface area contributed by atoms with Gasteiger partial charge in [0.05, 0.1) is 11.9 Å². The lowest BCUT2D eigenvalue weighted by Gasteiger charge is -2.22. The second-order valence-corrected chi connectivity index (χ2v) is 9.15. The quantitative estimate of drug-likeness (QED) is 0.435. The van der Waals surface area contributed by atoms with Crippen LogP contribution in [-0.2, 0) is 9.53 Å². The third kappa shape index (κ3) is 4.80. The first-order valence-electron chi connectivity index (χ1n) is 11.6. The molecule has 2 amide bonds. The molecule has 5 rings (SSSR count). The number of carbonyl (C=O) groups is 3. The summed E-state index contributed by atoms with van der Waals surface area (Å²) in [5, 5.41) is 10.4. The van der Waals surface area contributed by atoms with Crippen molar-refractivity contribution in [3.8, 4) is 5.69 Å². The molecule has 1 aliphatic heterocycles. The van der Waals surface area contributed by atoms with Crippen molar-refractivity contribution in [1.29, 1.82) is 0 Å². The first-order valence-corrected chi connectivity index (χ1v) is 11.6. The lowest BCUT2D eigenvalue weighted by atomic mass is 10.1. The molecule has 0 spiro atoms. The largest absolute Gasteiger partial charge is 0.478 e. The minimum absolute atomic E-state index is 0.187. The van der Waals surface area contributed by atoms with Crippen molar-refractivity contribution >= 4 is 34.8 Å². The van der Waals surface area contributed by atoms with Gasteiger partial charge in [0.25, 0.3) is 5.91 Å². The van der Waals surface area contributed by atoms with Gasteiger partial charge in [-0.05, 0) is 30.9 Å². The van der Waals surface area contributed by atoms with E-state index in [2.05, 4.69) is 4.98 Å². The number of alkyl halides is 3. The normalized spacial score (nSPS) is 18.1. The summed E-state index contributed by atoms with van der Waals surface area (Å²) < 4.78 is 89.1. The van der Waals surface area contributed by atoms with Crippen molar-refractivity contribution in [1.82, 2.24) is 14.9 Å². The van der Waals surface area contributed by atoms with Gasteiger partial charge in [0.1, 0.15) is 28.9 Å². The number of cyclic esters (lactones) is 1. The zero-order valence-electron chi connectivity index (χ0n) is 19.8. The average Bonchev–Trinajstić information content (AvgIpc) is 3.62. The van der Waals surface area contributed by atoms with E-state index in [0.29, 0.717) is 10.8 Å². The second kappa shape index (κ2) is 9.53. The highest BCUT2D eigenvalue weighted by Crippen LogP contribution is 2.40. The number of aromatic nitrogens is 2. The molecule has 40 heavy (non-hydrogen) atoms. The number of hydrogen-bond donors (Lipinski definition) is 2. The summed E-state index contributed by atoms with van der Waals surface area (Å²) in [6.45, 7) is -0.517. The SMILES string of the molecule is O=C(N[C@@H](C1CC1)C(F)(F)F)c1cn(-c2c(F)cc(F)cc2F)c2nc(N3C[C@@H](C(=O)O)OC3=O)ccc2c1=O. The van der Waals surface area contributed by atoms with Crippen molar-refractivity contribution in [2.45, 2.75) is 31.2 Å². The maximum absolute atomic E-state index is 14.8. The predicted octanol–water partition coefficient (Wildman–Crippen LogP) is 3.28. The number of carboxylic acid groups (broad SMARTS) is 1. The number of pyridine rings is 2. The number of ether oxygens (including phenoxy) is 1. The van der Waals surface area contributed by atoms with Gasteiger partial charge in [-0.3, -0.25) is 19.1 Å². The topological polar surface area (TPSA) is 131 Å². The number of hydrogen-bond acceptors (Lipinski definition) is 6. The van der Waals surface area contributed by atoms with Crippen LogP contribution in [0.25, 0.3) is 16.7 Å². The zero-order chi connectivity index (χ0) is 29.1. The standard InChI is InChI=1S/C24H16F6N4O6/c25-10-5-13(26)17(14(27)6-10)34-7-12(21(36)32-19(9-1-2-9)24(28,29)30)18(35)11-3-4-16(31-20(11)34)33-8-15(22(37)38)40-23(33)39/h3-7,9,15,19H,1-2,8H2,(H,32,36)(H,37,38)/t15-,19-/m0/s1. The molecule has 0 unspecified atom stereocenters. The predicted molar refractivity (Wildman–Crippen MR) is 122 cm³/mol. The fourth-order valence-electron chi connectivity index (χ4n) is 4.33. The van der Waals surface area contributed by atoms with Crippen LogP contribution in [0.4, 0.5) is 37.0 Å². The van der Waals surface area contributed by atoms with Crippen molar-refractivity contribution in [2.75, 3.05) is 11.4 Å². The third-order valence-electron chi connectivity index (χ3n) is 6.40. The Labute approximate surface area is 218 Å². The van der Waals surface area contributed by atoms with Crippen molar-refractivity contribution in [3.63, 3.8) is 0 Å². The zero-order valence-corrected chi connectivity index (χ0v) is 19.8. The molecule has 2 fully saturated rings. The van der Waals surface area contributed by atoms with Crippen LogP contribution in [0.5, 0.6) is 0 Å². The van der Waals surface area contributed by atoms with E-state index in [-0.39, 0.29) is 30.8 Å². The number of rotatable bonds is 6. The van der Waals surface area contributed by atoms with Crippen LogP contribution >= 0.6 is 0 Å². The molecule has 10 nitrogen and oxygen atoms in total. The molecule has 2 aliphatic rings. The van der Waals surface area contributed by atoms with E-state index in [9.17, 15) is 45.5 Å². The molecule has 210 valence electrons. The summed E-state index contributed by atoms with van der Waals surface area (Å²) in [6.07, 6.45) is -6.62. The Morgan fingerprint density at radius 3 is 2.30 bits per heavy atom. The summed E-state index contributed by atoms with van der Waals surface area (Å²) in [4.78, 5) is 54.3. The Morgan fingerprint density at radius 2 is 1.75 bits per heavy atom. The number of benzene rings is 1. The molecule has 1 saturated carbocycles. The van der Waals surface area contributed by atoms with Crippen LogP contribution in [0.1, 0.15) is 23.2 Å². The summed E-state index contributed by atoms with van der Waals surface area (Å²) in [5.74, 6) is -8.51. The number of nitrogens with one attached hydrogen (secondary N) is 1. The molecule has 16 heteroatoms. The van der Waals surface area contributed by atoms with Crippen LogP contribution in [0.2, 0.25) is 0 Å². The van der Waals surface area contributed by atoms with Crippen molar-refractivity contribution in [3.05, 3.63) is 63.7 Å². The fourth-order valence-corrected chi connectivity index (χ4v) is 4.33. The molecule has 2 atom stereocenters. The number of anilines is 1. The van der Waals surface area contributed by atoms with Gasteiger partial charge in [0.15, 0.2) is 17.3 Å². The van der Waals surface area contributed by atoms with Gasteiger partial charge >= 0.3 is 18.2 Å². The Hall–Kier alpha value is -4.63. The van der Waals surface area contributed by atoms with E-state index in [1.54, 1.807) is 5.32 Å². The van der Waals surface area contributed by atoms with Gasteiger partial charge < -0.3 is 15.2 Å². The lowest BCUT2D eigenvalue weighted by Crippen LogP contribution is -2.48. The monoisotopic (exact) mass is 570 g/mol. The van der Waals surface area contributed by atoms with E-state index in [4.69, 9.17) is 9.84 Å². The van der Waals surface area contributed by atoms with Gasteiger partial charge in [0, 0.05) is 18.3 Å². The maximum atomic E-state index is 14.8. The number of aliphatic carboxylic acids is 1. The van der Waals surface area contributed by atoms with E-state index in [0.717, 1.165) is 17.0 Å².